The van der Waals surface area contributed by atoms with Gasteiger partial charge in [-0.3, -0.25) is 9.69 Å². The predicted molar refractivity (Wildman–Crippen MR) is 110 cm³/mol. The average Bonchev–Trinajstić information content (AvgIpc) is 2.78. The normalized spacial score (nSPS) is 14.1. The van der Waals surface area contributed by atoms with E-state index in [0.29, 0.717) is 18.7 Å². The van der Waals surface area contributed by atoms with Crippen LogP contribution in [0.3, 0.4) is 0 Å². The van der Waals surface area contributed by atoms with Gasteiger partial charge in [0, 0.05) is 39.3 Å². The number of halogens is 1. The van der Waals surface area contributed by atoms with Gasteiger partial charge in [0.25, 0.3) is 0 Å². The lowest BCUT2D eigenvalue weighted by Gasteiger charge is -2.34. The number of rotatable bonds is 6. The molecule has 8 heteroatoms. The summed E-state index contributed by atoms with van der Waals surface area (Å²) in [5, 5.41) is 14.1. The maximum absolute atomic E-state index is 12.9. The van der Waals surface area contributed by atoms with Gasteiger partial charge in [-0.1, -0.05) is 24.3 Å². The number of amides is 3. The van der Waals surface area contributed by atoms with Crippen LogP contribution in [0.2, 0.25) is 0 Å². The van der Waals surface area contributed by atoms with Crippen molar-refractivity contribution in [2.75, 3.05) is 32.7 Å². The van der Waals surface area contributed by atoms with Crippen LogP contribution in [0.15, 0.2) is 48.5 Å². The molecule has 1 heterocycles. The van der Waals surface area contributed by atoms with Crippen LogP contribution in [0.25, 0.3) is 0 Å². The van der Waals surface area contributed by atoms with Gasteiger partial charge in [0.1, 0.15) is 5.82 Å². The Morgan fingerprint density at radius 3 is 2.20 bits per heavy atom. The summed E-state index contributed by atoms with van der Waals surface area (Å²) < 4.78 is 12.9. The third-order valence-electron chi connectivity index (χ3n) is 4.98. The van der Waals surface area contributed by atoms with Gasteiger partial charge in [-0.05, 0) is 35.4 Å². The number of nitriles is 1. The monoisotopic (exact) mass is 409 g/mol. The van der Waals surface area contributed by atoms with Crippen molar-refractivity contribution < 1.29 is 14.0 Å². The van der Waals surface area contributed by atoms with Gasteiger partial charge < -0.3 is 15.5 Å². The number of hydrogen-bond donors (Lipinski definition) is 2. The van der Waals surface area contributed by atoms with Crippen LogP contribution in [0.1, 0.15) is 16.7 Å². The van der Waals surface area contributed by atoms with E-state index in [4.69, 9.17) is 5.26 Å². The zero-order valence-electron chi connectivity index (χ0n) is 16.6. The number of urea groups is 1. The van der Waals surface area contributed by atoms with E-state index in [1.165, 1.54) is 12.1 Å². The zero-order valence-corrected chi connectivity index (χ0v) is 16.6. The van der Waals surface area contributed by atoms with Crippen LogP contribution in [-0.2, 0) is 17.9 Å². The molecule has 156 valence electrons. The molecule has 1 fully saturated rings. The number of hydrogen-bond acceptors (Lipinski definition) is 4. The third kappa shape index (κ3) is 6.29. The van der Waals surface area contributed by atoms with Gasteiger partial charge in [0.15, 0.2) is 0 Å². The number of carbonyl (C=O) groups is 2. The molecule has 30 heavy (non-hydrogen) atoms. The smallest absolute Gasteiger partial charge is 0.315 e. The molecule has 0 aliphatic carbocycles. The molecule has 0 aromatic heterocycles. The van der Waals surface area contributed by atoms with E-state index in [0.717, 1.165) is 30.8 Å². The molecule has 0 radical (unpaired) electrons. The number of nitrogens with zero attached hydrogens (tertiary/aromatic N) is 3. The van der Waals surface area contributed by atoms with Crippen molar-refractivity contribution in [1.82, 2.24) is 20.4 Å². The molecule has 3 rings (SSSR count). The van der Waals surface area contributed by atoms with E-state index in [1.54, 1.807) is 17.0 Å². The lowest BCUT2D eigenvalue weighted by molar-refractivity contribution is -0.131. The van der Waals surface area contributed by atoms with Gasteiger partial charge in [0.05, 0.1) is 18.2 Å². The first-order chi connectivity index (χ1) is 14.5. The molecule has 3 amide bonds. The molecule has 1 aliphatic rings. The second kappa shape index (κ2) is 10.4. The summed E-state index contributed by atoms with van der Waals surface area (Å²) >= 11 is 0. The minimum Gasteiger partial charge on any atom is -0.339 e. The second-order valence-corrected chi connectivity index (χ2v) is 7.13. The molecule has 0 spiro atoms. The largest absolute Gasteiger partial charge is 0.339 e. The minimum absolute atomic E-state index is 0.0646. The van der Waals surface area contributed by atoms with Gasteiger partial charge in [-0.2, -0.15) is 5.26 Å². The average molecular weight is 409 g/mol. The Bertz CT molecular complexity index is 901. The molecule has 1 aliphatic heterocycles. The number of nitrogens with one attached hydrogen (secondary N) is 2. The van der Waals surface area contributed by atoms with E-state index < -0.39 is 6.03 Å². The minimum atomic E-state index is -0.438. The van der Waals surface area contributed by atoms with E-state index >= 15 is 0 Å². The summed E-state index contributed by atoms with van der Waals surface area (Å²) in [6.45, 7) is 3.68. The highest BCUT2D eigenvalue weighted by Gasteiger charge is 2.21. The summed E-state index contributed by atoms with van der Waals surface area (Å²) in [5.41, 5.74) is 2.55. The first kappa shape index (κ1) is 21.3. The highest BCUT2D eigenvalue weighted by atomic mass is 19.1. The van der Waals surface area contributed by atoms with Crippen LogP contribution >= 0.6 is 0 Å². The van der Waals surface area contributed by atoms with Gasteiger partial charge in [-0.25, -0.2) is 9.18 Å². The van der Waals surface area contributed by atoms with Crippen molar-refractivity contribution in [2.24, 2.45) is 0 Å². The number of carbonyl (C=O) groups excluding carboxylic acids is 2. The second-order valence-electron chi connectivity index (χ2n) is 7.13. The fourth-order valence-corrected chi connectivity index (χ4v) is 3.21. The summed E-state index contributed by atoms with van der Waals surface area (Å²) in [6, 6.07) is 15.0. The maximum atomic E-state index is 12.9. The molecule has 0 bridgehead atoms. The molecule has 0 atom stereocenters. The molecule has 2 aromatic rings. The topological polar surface area (TPSA) is 88.5 Å². The Morgan fingerprint density at radius 2 is 1.57 bits per heavy atom. The van der Waals surface area contributed by atoms with Gasteiger partial charge in [0.2, 0.25) is 5.91 Å². The Labute approximate surface area is 175 Å². The van der Waals surface area contributed by atoms with Crippen molar-refractivity contribution in [2.45, 2.75) is 13.1 Å². The van der Waals surface area contributed by atoms with Crippen LogP contribution < -0.4 is 10.6 Å². The van der Waals surface area contributed by atoms with Gasteiger partial charge >= 0.3 is 6.03 Å². The molecule has 2 N–H and O–H groups in total. The zero-order chi connectivity index (χ0) is 21.3. The molecular weight excluding hydrogens is 385 g/mol. The summed E-state index contributed by atoms with van der Waals surface area (Å²) in [5.74, 6) is -0.448. The molecule has 0 saturated carbocycles. The van der Waals surface area contributed by atoms with Crippen molar-refractivity contribution >= 4 is 11.9 Å². The van der Waals surface area contributed by atoms with Crippen LogP contribution in [0.4, 0.5) is 9.18 Å². The van der Waals surface area contributed by atoms with E-state index in [1.807, 2.05) is 24.3 Å². The molecule has 2 aromatic carbocycles. The van der Waals surface area contributed by atoms with E-state index in [9.17, 15) is 14.0 Å². The maximum Gasteiger partial charge on any atom is 0.315 e. The number of piperazine rings is 1. The Hall–Kier alpha value is -3.44. The Kier molecular flexibility index (Phi) is 7.35. The van der Waals surface area contributed by atoms with E-state index in [2.05, 4.69) is 21.6 Å². The van der Waals surface area contributed by atoms with Crippen LogP contribution in [-0.4, -0.2) is 54.5 Å². The van der Waals surface area contributed by atoms with Crippen molar-refractivity contribution in [1.29, 1.82) is 5.26 Å². The third-order valence-corrected chi connectivity index (χ3v) is 4.98. The fraction of sp³-hybridized carbons (Fsp3) is 0.318. The summed E-state index contributed by atoms with van der Waals surface area (Å²) in [4.78, 5) is 28.2. The standard InChI is InChI=1S/C22H24FN5O2/c23-20-7-5-18(6-8-20)14-25-22(30)26-15-21(29)28-11-9-27(10-12-28)16-19-3-1-17(13-24)2-4-19/h1-8H,9-12,14-16H2,(H2,25,26,30). The van der Waals surface area contributed by atoms with Crippen molar-refractivity contribution in [3.05, 3.63) is 71.0 Å². The summed E-state index contributed by atoms with van der Waals surface area (Å²) in [6.07, 6.45) is 0. The highest BCUT2D eigenvalue weighted by molar-refractivity contribution is 5.84. The molecule has 7 nitrogen and oxygen atoms in total. The Morgan fingerprint density at radius 1 is 0.933 bits per heavy atom. The quantitative estimate of drug-likeness (QED) is 0.762. The van der Waals surface area contributed by atoms with Crippen molar-refractivity contribution in [3.8, 4) is 6.07 Å². The van der Waals surface area contributed by atoms with Crippen molar-refractivity contribution in [3.63, 3.8) is 0 Å². The predicted octanol–water partition coefficient (Wildman–Crippen LogP) is 1.84. The lowest BCUT2D eigenvalue weighted by Crippen LogP contribution is -2.51. The van der Waals surface area contributed by atoms with E-state index in [-0.39, 0.29) is 24.8 Å². The Balaban J connectivity index is 1.34. The van der Waals surface area contributed by atoms with Crippen LogP contribution in [0.5, 0.6) is 0 Å². The van der Waals surface area contributed by atoms with Gasteiger partial charge in [-0.15, -0.1) is 0 Å². The lowest BCUT2D eigenvalue weighted by atomic mass is 10.1. The molecule has 1 saturated heterocycles. The fourth-order valence-electron chi connectivity index (χ4n) is 3.21. The first-order valence-electron chi connectivity index (χ1n) is 9.79. The SMILES string of the molecule is N#Cc1ccc(CN2CCN(C(=O)CNC(=O)NCc3ccc(F)cc3)CC2)cc1. The number of benzene rings is 2. The molecular formula is C22H24FN5O2. The summed E-state index contributed by atoms with van der Waals surface area (Å²) in [7, 11) is 0. The van der Waals surface area contributed by atoms with Crippen LogP contribution in [0, 0.1) is 17.1 Å². The first-order valence-corrected chi connectivity index (χ1v) is 9.79. The highest BCUT2D eigenvalue weighted by Crippen LogP contribution is 2.10. The molecule has 0 unspecified atom stereocenters.